The lowest BCUT2D eigenvalue weighted by Crippen LogP contribution is -2.14. The van der Waals surface area contributed by atoms with Gasteiger partial charge in [-0.1, -0.05) is 23.7 Å². The van der Waals surface area contributed by atoms with Crippen LogP contribution in [0.5, 0.6) is 0 Å². The number of pyridine rings is 1. The van der Waals surface area contributed by atoms with Crippen LogP contribution < -0.4 is 5.32 Å². The van der Waals surface area contributed by atoms with Gasteiger partial charge in [0.1, 0.15) is 0 Å². The molecule has 27 heavy (non-hydrogen) atoms. The van der Waals surface area contributed by atoms with Crippen molar-refractivity contribution in [3.8, 4) is 0 Å². The average Bonchev–Trinajstić information content (AvgIpc) is 2.65. The van der Waals surface area contributed by atoms with Gasteiger partial charge in [-0.2, -0.15) is 0 Å². The van der Waals surface area contributed by atoms with E-state index < -0.39 is 9.84 Å². The highest BCUT2D eigenvalue weighted by Crippen LogP contribution is 2.22. The summed E-state index contributed by atoms with van der Waals surface area (Å²) in [4.78, 5) is 16.5. The van der Waals surface area contributed by atoms with E-state index in [1.165, 1.54) is 42.6 Å². The van der Waals surface area contributed by atoms with Crippen LogP contribution in [0, 0.1) is 13.8 Å². The molecule has 1 aromatic heterocycles. The molecule has 0 atom stereocenters. The highest BCUT2D eigenvalue weighted by molar-refractivity contribution is 7.91. The van der Waals surface area contributed by atoms with Crippen LogP contribution in [0.3, 0.4) is 0 Å². The number of nitrogens with zero attached hydrogens (tertiary/aromatic N) is 1. The molecule has 0 radical (unpaired) electrons. The standard InChI is InChI=1S/C20H17ClN2O3S/c1-13-3-4-14(2)18(11-13)23-20(24)15-5-10-19(22-12-15)27(25,26)17-8-6-16(21)7-9-17/h3-12H,1-2H3,(H,23,24). The number of benzene rings is 2. The number of halogens is 1. The molecular weight excluding hydrogens is 384 g/mol. The minimum Gasteiger partial charge on any atom is -0.322 e. The van der Waals surface area contributed by atoms with E-state index in [0.29, 0.717) is 10.7 Å². The third-order valence-corrected chi connectivity index (χ3v) is 5.98. The van der Waals surface area contributed by atoms with Gasteiger partial charge in [-0.15, -0.1) is 0 Å². The van der Waals surface area contributed by atoms with Crippen LogP contribution in [0.2, 0.25) is 5.02 Å². The van der Waals surface area contributed by atoms with E-state index in [4.69, 9.17) is 11.6 Å². The van der Waals surface area contributed by atoms with Gasteiger partial charge >= 0.3 is 0 Å². The number of hydrogen-bond donors (Lipinski definition) is 1. The minimum absolute atomic E-state index is 0.0898. The number of sulfone groups is 1. The fraction of sp³-hybridized carbons (Fsp3) is 0.100. The maximum atomic E-state index is 12.6. The lowest BCUT2D eigenvalue weighted by atomic mass is 10.1. The Hall–Kier alpha value is -2.70. The Labute approximate surface area is 163 Å². The first-order valence-corrected chi connectivity index (χ1v) is 9.99. The number of amides is 1. The Bertz CT molecular complexity index is 1090. The zero-order valence-electron chi connectivity index (χ0n) is 14.7. The number of carbonyl (C=O) groups is 1. The molecule has 0 spiro atoms. The Morgan fingerprint density at radius 3 is 2.33 bits per heavy atom. The monoisotopic (exact) mass is 400 g/mol. The lowest BCUT2D eigenvalue weighted by Gasteiger charge is -2.10. The van der Waals surface area contributed by atoms with Gasteiger partial charge in [0, 0.05) is 16.9 Å². The van der Waals surface area contributed by atoms with Crippen molar-refractivity contribution >= 4 is 33.0 Å². The van der Waals surface area contributed by atoms with Gasteiger partial charge < -0.3 is 5.32 Å². The fourth-order valence-electron chi connectivity index (χ4n) is 2.47. The van der Waals surface area contributed by atoms with Crippen molar-refractivity contribution in [1.29, 1.82) is 0 Å². The number of carbonyl (C=O) groups excluding carboxylic acids is 1. The van der Waals surface area contributed by atoms with Crippen LogP contribution in [-0.2, 0) is 9.84 Å². The molecule has 1 N–H and O–H groups in total. The van der Waals surface area contributed by atoms with Crippen molar-refractivity contribution in [3.63, 3.8) is 0 Å². The molecular formula is C20H17ClN2O3S. The molecule has 1 heterocycles. The van der Waals surface area contributed by atoms with Crippen molar-refractivity contribution < 1.29 is 13.2 Å². The van der Waals surface area contributed by atoms with Gasteiger partial charge in [-0.05, 0) is 67.4 Å². The second-order valence-electron chi connectivity index (χ2n) is 6.11. The van der Waals surface area contributed by atoms with E-state index in [-0.39, 0.29) is 21.4 Å². The number of rotatable bonds is 4. The van der Waals surface area contributed by atoms with Crippen molar-refractivity contribution in [2.24, 2.45) is 0 Å². The number of aryl methyl sites for hydroxylation is 2. The molecule has 3 rings (SSSR count). The topological polar surface area (TPSA) is 76.1 Å². The number of aromatic nitrogens is 1. The third kappa shape index (κ3) is 4.18. The van der Waals surface area contributed by atoms with E-state index in [2.05, 4.69) is 10.3 Å². The molecule has 2 aromatic carbocycles. The summed E-state index contributed by atoms with van der Waals surface area (Å²) < 4.78 is 25.2. The highest BCUT2D eigenvalue weighted by Gasteiger charge is 2.20. The number of hydrogen-bond acceptors (Lipinski definition) is 4. The smallest absolute Gasteiger partial charge is 0.257 e. The lowest BCUT2D eigenvalue weighted by molar-refractivity contribution is 0.102. The van der Waals surface area contributed by atoms with Crippen molar-refractivity contribution in [3.05, 3.63) is 82.5 Å². The Morgan fingerprint density at radius 1 is 1.00 bits per heavy atom. The molecule has 3 aromatic rings. The Balaban J connectivity index is 1.83. The molecule has 0 fully saturated rings. The van der Waals surface area contributed by atoms with Gasteiger partial charge in [-0.3, -0.25) is 4.79 Å². The van der Waals surface area contributed by atoms with Gasteiger partial charge in [0.05, 0.1) is 10.5 Å². The molecule has 0 saturated heterocycles. The van der Waals surface area contributed by atoms with Crippen LogP contribution in [0.4, 0.5) is 5.69 Å². The first kappa shape index (κ1) is 19.1. The summed E-state index contributed by atoms with van der Waals surface area (Å²) in [6.45, 7) is 3.84. The maximum absolute atomic E-state index is 12.6. The minimum atomic E-state index is -3.77. The van der Waals surface area contributed by atoms with Crippen LogP contribution in [0.1, 0.15) is 21.5 Å². The highest BCUT2D eigenvalue weighted by atomic mass is 35.5. The average molecular weight is 401 g/mol. The van der Waals surface area contributed by atoms with Gasteiger partial charge in [0.15, 0.2) is 5.03 Å². The molecule has 138 valence electrons. The molecule has 1 amide bonds. The van der Waals surface area contributed by atoms with Gasteiger partial charge in [-0.25, -0.2) is 13.4 Å². The molecule has 0 aliphatic heterocycles. The predicted octanol–water partition coefficient (Wildman–Crippen LogP) is 4.44. The number of nitrogens with one attached hydrogen (secondary N) is 1. The normalized spacial score (nSPS) is 11.2. The van der Waals surface area contributed by atoms with Crippen molar-refractivity contribution in [1.82, 2.24) is 4.98 Å². The van der Waals surface area contributed by atoms with Crippen molar-refractivity contribution in [2.75, 3.05) is 5.32 Å². The van der Waals surface area contributed by atoms with Crippen LogP contribution >= 0.6 is 11.6 Å². The molecule has 0 aliphatic carbocycles. The summed E-state index contributed by atoms with van der Waals surface area (Å²) in [5, 5.41) is 3.13. The molecule has 0 saturated carbocycles. The second-order valence-corrected chi connectivity index (χ2v) is 8.45. The molecule has 0 bridgehead atoms. The van der Waals surface area contributed by atoms with Crippen LogP contribution in [0.15, 0.2) is 70.7 Å². The summed E-state index contributed by atoms with van der Waals surface area (Å²) >= 11 is 5.80. The van der Waals surface area contributed by atoms with E-state index in [1.54, 1.807) is 0 Å². The van der Waals surface area contributed by atoms with E-state index in [1.807, 2.05) is 32.0 Å². The van der Waals surface area contributed by atoms with Crippen LogP contribution in [0.25, 0.3) is 0 Å². The largest absolute Gasteiger partial charge is 0.322 e. The first-order chi connectivity index (χ1) is 12.8. The Kier molecular flexibility index (Phi) is 5.30. The number of anilines is 1. The Morgan fingerprint density at radius 2 is 1.70 bits per heavy atom. The summed E-state index contributed by atoms with van der Waals surface area (Å²) in [5.41, 5.74) is 2.94. The zero-order chi connectivity index (χ0) is 19.6. The SMILES string of the molecule is Cc1ccc(C)c(NC(=O)c2ccc(S(=O)(=O)c3ccc(Cl)cc3)nc2)c1. The van der Waals surface area contributed by atoms with E-state index >= 15 is 0 Å². The van der Waals surface area contributed by atoms with Crippen LogP contribution in [-0.4, -0.2) is 19.3 Å². The van der Waals surface area contributed by atoms with Gasteiger partial charge in [0.2, 0.25) is 9.84 Å². The first-order valence-electron chi connectivity index (χ1n) is 8.13. The fourth-order valence-corrected chi connectivity index (χ4v) is 3.77. The predicted molar refractivity (Wildman–Crippen MR) is 105 cm³/mol. The molecule has 0 aliphatic rings. The maximum Gasteiger partial charge on any atom is 0.257 e. The second kappa shape index (κ2) is 7.50. The molecule has 0 unspecified atom stereocenters. The summed E-state index contributed by atoms with van der Waals surface area (Å²) in [6, 6.07) is 14.4. The summed E-state index contributed by atoms with van der Waals surface area (Å²) in [7, 11) is -3.77. The third-order valence-electron chi connectivity index (χ3n) is 4.04. The van der Waals surface area contributed by atoms with Crippen molar-refractivity contribution in [2.45, 2.75) is 23.8 Å². The molecule has 7 heteroatoms. The zero-order valence-corrected chi connectivity index (χ0v) is 16.3. The van der Waals surface area contributed by atoms with E-state index in [9.17, 15) is 13.2 Å². The summed E-state index contributed by atoms with van der Waals surface area (Å²) in [6.07, 6.45) is 1.25. The van der Waals surface area contributed by atoms with E-state index in [0.717, 1.165) is 11.1 Å². The van der Waals surface area contributed by atoms with Gasteiger partial charge in [0.25, 0.3) is 5.91 Å². The molecule has 5 nitrogen and oxygen atoms in total. The summed E-state index contributed by atoms with van der Waals surface area (Å²) in [5.74, 6) is -0.355. The quantitative estimate of drug-likeness (QED) is 0.702.